The summed E-state index contributed by atoms with van der Waals surface area (Å²) >= 11 is 6.55. The zero-order chi connectivity index (χ0) is 26.1. The maximum atomic E-state index is 14.6. The van der Waals surface area contributed by atoms with Gasteiger partial charge >= 0.3 is 0 Å². The van der Waals surface area contributed by atoms with Crippen LogP contribution in [0.2, 0.25) is 5.02 Å². The summed E-state index contributed by atoms with van der Waals surface area (Å²) in [6.07, 6.45) is 3.85. The minimum atomic E-state index is -1.33. The van der Waals surface area contributed by atoms with Crippen molar-refractivity contribution in [2.24, 2.45) is 11.3 Å². The lowest BCUT2D eigenvalue weighted by Crippen LogP contribution is -2.50. The Balaban J connectivity index is 1.71. The van der Waals surface area contributed by atoms with Gasteiger partial charge in [-0.25, -0.2) is 0 Å². The highest BCUT2D eigenvalue weighted by Gasteiger charge is 2.71. The van der Waals surface area contributed by atoms with Gasteiger partial charge in [0.05, 0.1) is 23.0 Å². The Bertz CT molecular complexity index is 1500. The summed E-state index contributed by atoms with van der Waals surface area (Å²) in [5.41, 5.74) is 1.51. The Hall–Kier alpha value is -3.70. The fourth-order valence-corrected chi connectivity index (χ4v) is 6.67. The molecule has 6 heteroatoms. The number of carbonyl (C=O) groups excluding carboxylic acids is 3. The Labute approximate surface area is 221 Å². The number of Topliss-reactive ketones (excluding diaryl/α,β-unsaturated/α-hetero) is 2. The number of ketones is 2. The number of halogens is 1. The largest absolute Gasteiger partial charge is 0.358 e. The van der Waals surface area contributed by atoms with Crippen LogP contribution in [-0.2, 0) is 15.0 Å². The van der Waals surface area contributed by atoms with E-state index in [0.29, 0.717) is 16.3 Å². The molecular weight excluding hydrogens is 484 g/mol. The smallest absolute Gasteiger partial charge is 0.238 e. The van der Waals surface area contributed by atoms with Gasteiger partial charge in [0.15, 0.2) is 11.6 Å². The molecule has 186 valence electrons. The van der Waals surface area contributed by atoms with Crippen LogP contribution in [0.25, 0.3) is 6.08 Å². The molecule has 5 nitrogen and oxygen atoms in total. The summed E-state index contributed by atoms with van der Waals surface area (Å²) in [5.74, 6) is -1.67. The van der Waals surface area contributed by atoms with Crippen LogP contribution in [-0.4, -0.2) is 28.4 Å². The molecule has 0 aliphatic carbocycles. The zero-order valence-electron chi connectivity index (χ0n) is 20.9. The molecule has 1 saturated heterocycles. The number of hydrogen-bond acceptors (Lipinski definition) is 4. The van der Waals surface area contributed by atoms with Gasteiger partial charge in [-0.1, -0.05) is 87.0 Å². The monoisotopic (exact) mass is 510 g/mol. The quantitative estimate of drug-likeness (QED) is 0.435. The van der Waals surface area contributed by atoms with E-state index in [9.17, 15) is 14.4 Å². The van der Waals surface area contributed by atoms with Gasteiger partial charge in [-0.15, -0.1) is 0 Å². The minimum Gasteiger partial charge on any atom is -0.358 e. The predicted molar refractivity (Wildman–Crippen MR) is 144 cm³/mol. The van der Waals surface area contributed by atoms with Gasteiger partial charge in [0, 0.05) is 22.9 Å². The van der Waals surface area contributed by atoms with Gasteiger partial charge in [0.1, 0.15) is 5.41 Å². The fourth-order valence-electron chi connectivity index (χ4n) is 6.44. The van der Waals surface area contributed by atoms with Crippen LogP contribution in [0.5, 0.6) is 0 Å². The lowest BCUT2D eigenvalue weighted by atomic mass is 9.62. The molecule has 0 radical (unpaired) electrons. The average Bonchev–Trinajstić information content (AvgIpc) is 3.35. The van der Waals surface area contributed by atoms with Crippen LogP contribution >= 0.6 is 11.6 Å². The molecule has 1 amide bonds. The number of nitrogens with one attached hydrogen (secondary N) is 1. The molecule has 3 aromatic rings. The highest BCUT2D eigenvalue weighted by molar-refractivity contribution is 6.34. The molecule has 0 bridgehead atoms. The first kappa shape index (κ1) is 23.7. The molecule has 1 spiro atoms. The second-order valence-electron chi connectivity index (χ2n) is 11.0. The summed E-state index contributed by atoms with van der Waals surface area (Å²) in [7, 11) is 0. The number of fused-ring (bicyclic) bond motifs is 6. The van der Waals surface area contributed by atoms with Crippen molar-refractivity contribution in [2.45, 2.75) is 38.3 Å². The number of rotatable bonds is 3. The van der Waals surface area contributed by atoms with Gasteiger partial charge < -0.3 is 10.2 Å². The Morgan fingerprint density at radius 1 is 0.946 bits per heavy atom. The van der Waals surface area contributed by atoms with Gasteiger partial charge in [-0.2, -0.15) is 0 Å². The number of amides is 1. The summed E-state index contributed by atoms with van der Waals surface area (Å²) < 4.78 is 0. The summed E-state index contributed by atoms with van der Waals surface area (Å²) in [6.45, 7) is 5.57. The van der Waals surface area contributed by atoms with Crippen molar-refractivity contribution in [3.05, 3.63) is 106 Å². The molecule has 1 N–H and O–H groups in total. The molecule has 3 aliphatic heterocycles. The SMILES string of the molecule is CC(C)(C)C(=O)[C@@H]1[C@@H](C(=O)c2ccccc2Cl)[C@@]2(C(=O)Nc3ccccc32)[C@H]2c3ccccc3C=CN12. The van der Waals surface area contributed by atoms with E-state index in [-0.39, 0.29) is 17.5 Å². The van der Waals surface area contributed by atoms with Crippen LogP contribution in [0, 0.1) is 11.3 Å². The molecule has 0 aromatic heterocycles. The molecule has 37 heavy (non-hydrogen) atoms. The second-order valence-corrected chi connectivity index (χ2v) is 11.5. The van der Waals surface area contributed by atoms with Crippen LogP contribution in [0.15, 0.2) is 79.0 Å². The van der Waals surface area contributed by atoms with Gasteiger partial charge in [-0.3, -0.25) is 14.4 Å². The van der Waals surface area contributed by atoms with Crippen LogP contribution in [0.3, 0.4) is 0 Å². The first-order chi connectivity index (χ1) is 17.7. The lowest BCUT2D eigenvalue weighted by molar-refractivity contribution is -0.131. The molecule has 1 fully saturated rings. The Morgan fingerprint density at radius 2 is 1.62 bits per heavy atom. The molecule has 4 atom stereocenters. The third-order valence-corrected chi connectivity index (χ3v) is 8.33. The molecule has 0 unspecified atom stereocenters. The number of carbonyl (C=O) groups is 3. The van der Waals surface area contributed by atoms with Crippen LogP contribution in [0.4, 0.5) is 5.69 Å². The first-order valence-electron chi connectivity index (χ1n) is 12.5. The molecule has 3 aromatic carbocycles. The van der Waals surface area contributed by atoms with E-state index in [0.717, 1.165) is 16.7 Å². The highest BCUT2D eigenvalue weighted by Crippen LogP contribution is 2.62. The lowest BCUT2D eigenvalue weighted by Gasteiger charge is -2.38. The maximum absolute atomic E-state index is 14.6. The van der Waals surface area contributed by atoms with Crippen molar-refractivity contribution in [2.75, 3.05) is 5.32 Å². The van der Waals surface area contributed by atoms with Crippen molar-refractivity contribution < 1.29 is 14.4 Å². The van der Waals surface area contributed by atoms with E-state index in [1.807, 2.05) is 86.5 Å². The summed E-state index contributed by atoms with van der Waals surface area (Å²) in [6, 6.07) is 20.8. The third-order valence-electron chi connectivity index (χ3n) is 8.00. The van der Waals surface area contributed by atoms with Crippen molar-refractivity contribution in [1.29, 1.82) is 0 Å². The molecule has 0 saturated carbocycles. The van der Waals surface area contributed by atoms with Gasteiger partial charge in [0.2, 0.25) is 5.91 Å². The van der Waals surface area contributed by atoms with Crippen molar-refractivity contribution in [3.63, 3.8) is 0 Å². The number of anilines is 1. The van der Waals surface area contributed by atoms with E-state index in [4.69, 9.17) is 11.6 Å². The molecule has 6 rings (SSSR count). The Kier molecular flexibility index (Phi) is 5.22. The number of hydrogen-bond donors (Lipinski definition) is 1. The highest BCUT2D eigenvalue weighted by atomic mass is 35.5. The first-order valence-corrected chi connectivity index (χ1v) is 12.8. The number of para-hydroxylation sites is 1. The zero-order valence-corrected chi connectivity index (χ0v) is 21.6. The second kappa shape index (κ2) is 8.15. The predicted octanol–water partition coefficient (Wildman–Crippen LogP) is 6.05. The molecule has 3 aliphatic rings. The van der Waals surface area contributed by atoms with Crippen molar-refractivity contribution >= 4 is 40.8 Å². The topological polar surface area (TPSA) is 66.5 Å². The van der Waals surface area contributed by atoms with E-state index >= 15 is 0 Å². The number of benzene rings is 3. The van der Waals surface area contributed by atoms with Crippen molar-refractivity contribution in [1.82, 2.24) is 4.90 Å². The summed E-state index contributed by atoms with van der Waals surface area (Å²) in [5, 5.41) is 3.36. The van der Waals surface area contributed by atoms with E-state index in [1.165, 1.54) is 0 Å². The van der Waals surface area contributed by atoms with E-state index < -0.39 is 28.8 Å². The minimum absolute atomic E-state index is 0.0963. The van der Waals surface area contributed by atoms with Crippen molar-refractivity contribution in [3.8, 4) is 0 Å². The van der Waals surface area contributed by atoms with Gasteiger partial charge in [0.25, 0.3) is 0 Å². The maximum Gasteiger partial charge on any atom is 0.238 e. The van der Waals surface area contributed by atoms with E-state index in [1.54, 1.807) is 24.3 Å². The number of nitrogens with zero attached hydrogens (tertiary/aromatic N) is 1. The molecular formula is C31H27ClN2O3. The Morgan fingerprint density at radius 3 is 2.38 bits per heavy atom. The van der Waals surface area contributed by atoms with Crippen LogP contribution in [0.1, 0.15) is 53.9 Å². The fraction of sp³-hybridized carbons (Fsp3) is 0.258. The standard InChI is InChI=1S/C31H27ClN2O3/c1-30(2,3)28(36)25-24(26(35)20-12-6-8-14-22(20)32)31(21-13-7-9-15-23(21)33-29(31)37)27-19-11-5-4-10-18(19)16-17-34(25)27/h4-17,24-25,27H,1-3H3,(H,33,37)/t24-,25-,27+,31+/m0/s1. The van der Waals surface area contributed by atoms with Crippen LogP contribution < -0.4 is 5.32 Å². The van der Waals surface area contributed by atoms with E-state index in [2.05, 4.69) is 5.32 Å². The molecule has 3 heterocycles. The van der Waals surface area contributed by atoms with Gasteiger partial charge in [-0.05, 0) is 41.0 Å². The normalized spacial score (nSPS) is 25.5. The third kappa shape index (κ3) is 3.20. The average molecular weight is 511 g/mol. The summed E-state index contributed by atoms with van der Waals surface area (Å²) in [4.78, 5) is 45.1.